The number of carbonyl (C=O) groups is 2. The summed E-state index contributed by atoms with van der Waals surface area (Å²) in [6.07, 6.45) is 2.67. The van der Waals surface area contributed by atoms with Crippen molar-refractivity contribution < 1.29 is 14.3 Å². The normalized spacial score (nSPS) is 13.3. The van der Waals surface area contributed by atoms with Gasteiger partial charge in [-0.1, -0.05) is 12.1 Å². The van der Waals surface area contributed by atoms with Gasteiger partial charge in [0.1, 0.15) is 5.75 Å². The highest BCUT2D eigenvalue weighted by molar-refractivity contribution is 5.95. The molecule has 1 aliphatic heterocycles. The number of hydrogen-bond acceptors (Lipinski definition) is 4. The van der Waals surface area contributed by atoms with Crippen LogP contribution in [-0.4, -0.2) is 38.6 Å². The molecule has 1 fully saturated rings. The van der Waals surface area contributed by atoms with Crippen molar-refractivity contribution in [2.45, 2.75) is 26.2 Å². The van der Waals surface area contributed by atoms with Gasteiger partial charge in [0.05, 0.1) is 12.8 Å². The molecule has 2 aromatic rings. The molecule has 1 saturated heterocycles. The van der Waals surface area contributed by atoms with E-state index in [1.54, 1.807) is 18.1 Å². The maximum atomic E-state index is 12.4. The van der Waals surface area contributed by atoms with Gasteiger partial charge in [-0.3, -0.25) is 9.59 Å². The topological polar surface area (TPSA) is 61.9 Å². The van der Waals surface area contributed by atoms with Crippen LogP contribution in [0, 0.1) is 0 Å². The predicted molar refractivity (Wildman–Crippen MR) is 112 cm³/mol. The van der Waals surface area contributed by atoms with Gasteiger partial charge in [-0.05, 0) is 49.2 Å². The van der Waals surface area contributed by atoms with Crippen molar-refractivity contribution in [3.63, 3.8) is 0 Å². The van der Waals surface area contributed by atoms with Crippen molar-refractivity contribution in [3.05, 3.63) is 48.5 Å². The van der Waals surface area contributed by atoms with Gasteiger partial charge in [-0.15, -0.1) is 0 Å². The van der Waals surface area contributed by atoms with Gasteiger partial charge in [0.2, 0.25) is 11.8 Å². The average molecular weight is 381 g/mol. The Hall–Kier alpha value is -3.02. The Morgan fingerprint density at radius 2 is 1.75 bits per heavy atom. The summed E-state index contributed by atoms with van der Waals surface area (Å²) in [5.41, 5.74) is 2.62. The molecule has 0 saturated carbocycles. The van der Waals surface area contributed by atoms with E-state index < -0.39 is 0 Å². The van der Waals surface area contributed by atoms with Crippen LogP contribution in [-0.2, 0) is 9.59 Å². The summed E-state index contributed by atoms with van der Waals surface area (Å²) < 4.78 is 5.33. The van der Waals surface area contributed by atoms with E-state index in [0.29, 0.717) is 11.4 Å². The number of nitrogens with zero attached hydrogens (tertiary/aromatic N) is 2. The first-order valence-corrected chi connectivity index (χ1v) is 9.64. The van der Waals surface area contributed by atoms with Gasteiger partial charge in [0.25, 0.3) is 0 Å². The Morgan fingerprint density at radius 1 is 1.07 bits per heavy atom. The number of ether oxygens (including phenoxy) is 1. The summed E-state index contributed by atoms with van der Waals surface area (Å²) in [6, 6.07) is 15.2. The van der Waals surface area contributed by atoms with E-state index in [4.69, 9.17) is 4.74 Å². The fourth-order valence-corrected chi connectivity index (χ4v) is 3.47. The van der Waals surface area contributed by atoms with Crippen molar-refractivity contribution in [1.29, 1.82) is 0 Å². The molecule has 0 atom stereocenters. The van der Waals surface area contributed by atoms with Crippen molar-refractivity contribution in [2.75, 3.05) is 41.9 Å². The number of amides is 2. The minimum atomic E-state index is -0.132. The van der Waals surface area contributed by atoms with E-state index in [9.17, 15) is 9.59 Å². The number of methoxy groups -OCH3 is 1. The molecule has 0 bridgehead atoms. The molecule has 0 aromatic heterocycles. The van der Waals surface area contributed by atoms with Crippen LogP contribution >= 0.6 is 0 Å². The summed E-state index contributed by atoms with van der Waals surface area (Å²) in [5.74, 6) is 0.345. The highest BCUT2D eigenvalue weighted by Crippen LogP contribution is 2.28. The van der Waals surface area contributed by atoms with Gasteiger partial charge in [0.15, 0.2) is 0 Å². The zero-order valence-electron chi connectivity index (χ0n) is 16.5. The molecule has 2 aromatic carbocycles. The number of nitrogens with one attached hydrogen (secondary N) is 1. The first-order chi connectivity index (χ1) is 13.6. The first-order valence-electron chi connectivity index (χ1n) is 9.64. The SMILES string of the molecule is COc1ccccc1N(CCC(=O)Nc1ccc(N2CCCC2)cc1)C(C)=O. The molecule has 6 nitrogen and oxygen atoms in total. The fourth-order valence-electron chi connectivity index (χ4n) is 3.47. The van der Waals surface area contributed by atoms with Crippen molar-refractivity contribution >= 4 is 28.9 Å². The lowest BCUT2D eigenvalue weighted by Gasteiger charge is -2.23. The highest BCUT2D eigenvalue weighted by Gasteiger charge is 2.17. The monoisotopic (exact) mass is 381 g/mol. The van der Waals surface area contributed by atoms with Crippen molar-refractivity contribution in [2.24, 2.45) is 0 Å². The van der Waals surface area contributed by atoms with Gasteiger partial charge in [0, 0.05) is 44.4 Å². The minimum absolute atomic E-state index is 0.130. The minimum Gasteiger partial charge on any atom is -0.495 e. The number of carbonyl (C=O) groups excluding carboxylic acids is 2. The van der Waals surface area contributed by atoms with E-state index in [0.717, 1.165) is 18.8 Å². The molecule has 0 spiro atoms. The van der Waals surface area contributed by atoms with E-state index in [1.165, 1.54) is 25.5 Å². The zero-order chi connectivity index (χ0) is 19.9. The van der Waals surface area contributed by atoms with Crippen molar-refractivity contribution in [1.82, 2.24) is 0 Å². The van der Waals surface area contributed by atoms with Gasteiger partial charge < -0.3 is 19.9 Å². The molecular weight excluding hydrogens is 354 g/mol. The Bertz CT molecular complexity index is 814. The number of benzene rings is 2. The third-order valence-electron chi connectivity index (χ3n) is 4.94. The number of rotatable bonds is 7. The van der Waals surface area contributed by atoms with Crippen LogP contribution in [0.25, 0.3) is 0 Å². The molecule has 0 aliphatic carbocycles. The van der Waals surface area contributed by atoms with Crippen LogP contribution in [0.4, 0.5) is 17.1 Å². The second-order valence-corrected chi connectivity index (χ2v) is 6.88. The largest absolute Gasteiger partial charge is 0.495 e. The smallest absolute Gasteiger partial charge is 0.226 e. The molecule has 6 heteroatoms. The summed E-state index contributed by atoms with van der Waals surface area (Å²) in [7, 11) is 1.57. The second-order valence-electron chi connectivity index (χ2n) is 6.88. The van der Waals surface area contributed by atoms with Crippen LogP contribution in [0.2, 0.25) is 0 Å². The fraction of sp³-hybridized carbons (Fsp3) is 0.364. The maximum Gasteiger partial charge on any atom is 0.226 e. The van der Waals surface area contributed by atoms with Crippen LogP contribution in [0.15, 0.2) is 48.5 Å². The number of hydrogen-bond donors (Lipinski definition) is 1. The molecule has 1 heterocycles. The molecule has 1 aliphatic rings. The molecule has 28 heavy (non-hydrogen) atoms. The Kier molecular flexibility index (Phi) is 6.53. The molecule has 0 radical (unpaired) electrons. The van der Waals surface area contributed by atoms with E-state index in [2.05, 4.69) is 10.2 Å². The lowest BCUT2D eigenvalue weighted by Crippen LogP contribution is -2.32. The summed E-state index contributed by atoms with van der Waals surface area (Å²) in [5, 5.41) is 2.91. The molecular formula is C22H27N3O3. The van der Waals surface area contributed by atoms with Gasteiger partial charge >= 0.3 is 0 Å². The van der Waals surface area contributed by atoms with Crippen LogP contribution in [0.3, 0.4) is 0 Å². The molecule has 3 rings (SSSR count). The summed E-state index contributed by atoms with van der Waals surface area (Å²) >= 11 is 0. The van der Waals surface area contributed by atoms with Gasteiger partial charge in [-0.25, -0.2) is 0 Å². The molecule has 2 amide bonds. The van der Waals surface area contributed by atoms with Crippen LogP contribution in [0.1, 0.15) is 26.2 Å². The second kappa shape index (κ2) is 9.26. The Morgan fingerprint density at radius 3 is 2.39 bits per heavy atom. The number of para-hydroxylation sites is 2. The quantitative estimate of drug-likeness (QED) is 0.795. The third-order valence-corrected chi connectivity index (χ3v) is 4.94. The van der Waals surface area contributed by atoms with E-state index in [1.807, 2.05) is 42.5 Å². The van der Waals surface area contributed by atoms with Crippen LogP contribution in [0.5, 0.6) is 5.75 Å². The van der Waals surface area contributed by atoms with Gasteiger partial charge in [-0.2, -0.15) is 0 Å². The average Bonchev–Trinajstić information content (AvgIpc) is 3.23. The Labute approximate surface area is 166 Å². The molecule has 148 valence electrons. The summed E-state index contributed by atoms with van der Waals surface area (Å²) in [6.45, 7) is 3.96. The van der Waals surface area contributed by atoms with E-state index in [-0.39, 0.29) is 24.8 Å². The lowest BCUT2D eigenvalue weighted by atomic mass is 10.2. The first kappa shape index (κ1) is 19.7. The maximum absolute atomic E-state index is 12.4. The summed E-state index contributed by atoms with van der Waals surface area (Å²) in [4.78, 5) is 28.4. The highest BCUT2D eigenvalue weighted by atomic mass is 16.5. The molecule has 0 unspecified atom stereocenters. The number of anilines is 3. The predicted octanol–water partition coefficient (Wildman–Crippen LogP) is 3.68. The molecule has 1 N–H and O–H groups in total. The van der Waals surface area contributed by atoms with Crippen molar-refractivity contribution in [3.8, 4) is 5.75 Å². The Balaban J connectivity index is 1.58. The van der Waals surface area contributed by atoms with Crippen LogP contribution < -0.4 is 19.9 Å². The third kappa shape index (κ3) is 4.82. The lowest BCUT2D eigenvalue weighted by molar-refractivity contribution is -0.117. The van der Waals surface area contributed by atoms with E-state index >= 15 is 0 Å². The zero-order valence-corrected chi connectivity index (χ0v) is 16.5. The standard InChI is InChI=1S/C22H27N3O3/c1-17(26)25(20-7-3-4-8-21(20)28-2)16-13-22(27)23-18-9-11-19(12-10-18)24-14-5-6-15-24/h3-4,7-12H,5-6,13-16H2,1-2H3,(H,23,27).